The average molecular weight is 395 g/mol. The molecule has 5 nitrogen and oxygen atoms in total. The first-order valence-corrected chi connectivity index (χ1v) is 9.08. The van der Waals surface area contributed by atoms with Crippen molar-refractivity contribution in [1.29, 1.82) is 5.26 Å². The van der Waals surface area contributed by atoms with Crippen LogP contribution < -0.4 is 10.1 Å². The second-order valence-electron chi connectivity index (χ2n) is 6.22. The van der Waals surface area contributed by atoms with E-state index in [1.807, 2.05) is 0 Å². The first-order chi connectivity index (χ1) is 12.9. The van der Waals surface area contributed by atoms with E-state index in [9.17, 15) is 23.2 Å². The number of nitriles is 1. The van der Waals surface area contributed by atoms with Gasteiger partial charge in [0, 0.05) is 5.56 Å². The maximum Gasteiger partial charge on any atom is 0.287 e. The standard InChI is InChI=1S/C18H16F3N3O2S/c1-9-14(17(25)24-16(21)15(19)20)27-18(23-9)11-4-5-13(12(6-11)7-22)26-8-10-2-3-10/h4-6,10,15-16H,2-3,8H2,1H3,(H,24,25). The third kappa shape index (κ3) is 4.57. The topological polar surface area (TPSA) is 75.0 Å². The Balaban J connectivity index is 1.80. The van der Waals surface area contributed by atoms with E-state index in [1.54, 1.807) is 23.5 Å². The van der Waals surface area contributed by atoms with Gasteiger partial charge in [-0.25, -0.2) is 18.2 Å². The van der Waals surface area contributed by atoms with Crippen molar-refractivity contribution in [3.05, 3.63) is 34.3 Å². The third-order valence-corrected chi connectivity index (χ3v) is 5.22. The van der Waals surface area contributed by atoms with Crippen LogP contribution in [0.25, 0.3) is 10.6 Å². The second kappa shape index (κ2) is 7.96. The van der Waals surface area contributed by atoms with Gasteiger partial charge in [0.1, 0.15) is 21.7 Å². The smallest absolute Gasteiger partial charge is 0.287 e. The number of aryl methyl sites for hydroxylation is 1. The van der Waals surface area contributed by atoms with E-state index in [1.165, 1.54) is 6.92 Å². The lowest BCUT2D eigenvalue weighted by atomic mass is 10.1. The summed E-state index contributed by atoms with van der Waals surface area (Å²) in [5.74, 6) is 0.0806. The fraction of sp³-hybridized carbons (Fsp3) is 0.389. The molecule has 1 fully saturated rings. The number of benzene rings is 1. The molecule has 1 heterocycles. The van der Waals surface area contributed by atoms with Crippen LogP contribution in [-0.4, -0.2) is 30.2 Å². The van der Waals surface area contributed by atoms with Crippen LogP contribution in [0.3, 0.4) is 0 Å². The molecule has 1 N–H and O–H groups in total. The zero-order valence-corrected chi connectivity index (χ0v) is 15.2. The fourth-order valence-corrected chi connectivity index (χ4v) is 3.32. The zero-order chi connectivity index (χ0) is 19.6. The van der Waals surface area contributed by atoms with Crippen molar-refractivity contribution in [3.8, 4) is 22.4 Å². The number of aromatic nitrogens is 1. The molecule has 0 saturated heterocycles. The highest BCUT2D eigenvalue weighted by Gasteiger charge is 2.25. The van der Waals surface area contributed by atoms with Crippen LogP contribution in [0, 0.1) is 24.2 Å². The summed E-state index contributed by atoms with van der Waals surface area (Å²) in [5, 5.41) is 11.4. The summed E-state index contributed by atoms with van der Waals surface area (Å²) in [6.45, 7) is 2.10. The maximum absolute atomic E-state index is 13.1. The number of nitrogens with zero attached hydrogens (tertiary/aromatic N) is 2. The second-order valence-corrected chi connectivity index (χ2v) is 7.22. The summed E-state index contributed by atoms with van der Waals surface area (Å²) in [7, 11) is 0. The Morgan fingerprint density at radius 1 is 1.44 bits per heavy atom. The normalized spacial score (nSPS) is 14.7. The highest BCUT2D eigenvalue weighted by Crippen LogP contribution is 2.33. The number of carbonyl (C=O) groups is 1. The van der Waals surface area contributed by atoms with E-state index in [0.29, 0.717) is 40.1 Å². The van der Waals surface area contributed by atoms with Gasteiger partial charge in [-0.05, 0) is 43.9 Å². The van der Waals surface area contributed by atoms with Crippen LogP contribution in [0.5, 0.6) is 5.75 Å². The predicted octanol–water partition coefficient (Wildman–Crippen LogP) is 4.07. The van der Waals surface area contributed by atoms with Crippen LogP contribution in [0.1, 0.15) is 33.8 Å². The SMILES string of the molecule is Cc1nc(-c2ccc(OCC3CC3)c(C#N)c2)sc1C(=O)NC(F)C(F)F. The van der Waals surface area contributed by atoms with Crippen molar-refractivity contribution in [2.45, 2.75) is 32.5 Å². The number of nitrogens with one attached hydrogen (secondary N) is 1. The number of hydrogen-bond donors (Lipinski definition) is 1. The Morgan fingerprint density at radius 3 is 2.81 bits per heavy atom. The molecule has 1 aliphatic rings. The molecule has 9 heteroatoms. The Morgan fingerprint density at radius 2 is 2.19 bits per heavy atom. The predicted molar refractivity (Wildman–Crippen MR) is 93.6 cm³/mol. The summed E-state index contributed by atoms with van der Waals surface area (Å²) in [6, 6.07) is 7.05. The number of carbonyl (C=O) groups excluding carboxylic acids is 1. The molecular weight excluding hydrogens is 379 g/mol. The summed E-state index contributed by atoms with van der Waals surface area (Å²) in [5.41, 5.74) is 1.22. The van der Waals surface area contributed by atoms with E-state index in [-0.39, 0.29) is 4.88 Å². The van der Waals surface area contributed by atoms with Gasteiger partial charge >= 0.3 is 0 Å². The van der Waals surface area contributed by atoms with Crippen LogP contribution >= 0.6 is 11.3 Å². The lowest BCUT2D eigenvalue weighted by Gasteiger charge is -2.08. The van der Waals surface area contributed by atoms with Crippen LogP contribution in [0.15, 0.2) is 18.2 Å². The highest BCUT2D eigenvalue weighted by atomic mass is 32.1. The van der Waals surface area contributed by atoms with Gasteiger partial charge < -0.3 is 10.1 Å². The minimum atomic E-state index is -3.30. The Labute approximate surface area is 157 Å². The molecular formula is C18H16F3N3O2S. The number of ether oxygens (including phenoxy) is 1. The minimum absolute atomic E-state index is 0.0425. The fourth-order valence-electron chi connectivity index (χ4n) is 2.35. The average Bonchev–Trinajstić information content (AvgIpc) is 3.39. The van der Waals surface area contributed by atoms with E-state index in [2.05, 4.69) is 11.1 Å². The van der Waals surface area contributed by atoms with E-state index in [4.69, 9.17) is 4.74 Å². The number of halogens is 3. The van der Waals surface area contributed by atoms with E-state index < -0.39 is 18.6 Å². The summed E-state index contributed by atoms with van der Waals surface area (Å²) < 4.78 is 43.2. The lowest BCUT2D eigenvalue weighted by Crippen LogP contribution is -2.36. The molecule has 0 aliphatic heterocycles. The molecule has 0 bridgehead atoms. The van der Waals surface area contributed by atoms with Gasteiger partial charge in [-0.15, -0.1) is 11.3 Å². The highest BCUT2D eigenvalue weighted by molar-refractivity contribution is 7.17. The Hall–Kier alpha value is -2.60. The first kappa shape index (κ1) is 19.2. The molecule has 1 atom stereocenters. The molecule has 1 unspecified atom stereocenters. The van der Waals surface area contributed by atoms with Gasteiger partial charge in [-0.2, -0.15) is 5.26 Å². The van der Waals surface area contributed by atoms with E-state index >= 15 is 0 Å². The number of rotatable bonds is 7. The Bertz CT molecular complexity index is 890. The quantitative estimate of drug-likeness (QED) is 0.717. The summed E-state index contributed by atoms with van der Waals surface area (Å²) in [4.78, 5) is 16.3. The van der Waals surface area contributed by atoms with Gasteiger partial charge in [0.25, 0.3) is 12.3 Å². The monoisotopic (exact) mass is 395 g/mol. The van der Waals surface area contributed by atoms with Crippen LogP contribution in [0.2, 0.25) is 0 Å². The van der Waals surface area contributed by atoms with Gasteiger partial charge in [-0.1, -0.05) is 0 Å². The Kier molecular flexibility index (Phi) is 5.65. The maximum atomic E-state index is 13.1. The van der Waals surface area contributed by atoms with Gasteiger partial charge in [-0.3, -0.25) is 4.79 Å². The molecule has 3 rings (SSSR count). The molecule has 142 valence electrons. The van der Waals surface area contributed by atoms with Crippen molar-refractivity contribution in [2.24, 2.45) is 5.92 Å². The molecule has 0 spiro atoms. The first-order valence-electron chi connectivity index (χ1n) is 8.27. The molecule has 1 aromatic carbocycles. The van der Waals surface area contributed by atoms with Crippen molar-refractivity contribution >= 4 is 17.2 Å². The molecule has 1 aliphatic carbocycles. The number of hydrogen-bond acceptors (Lipinski definition) is 5. The zero-order valence-electron chi connectivity index (χ0n) is 14.3. The number of thiazole rings is 1. The van der Waals surface area contributed by atoms with Crippen LogP contribution in [-0.2, 0) is 0 Å². The van der Waals surface area contributed by atoms with Gasteiger partial charge in [0.2, 0.25) is 6.30 Å². The van der Waals surface area contributed by atoms with Crippen LogP contribution in [0.4, 0.5) is 13.2 Å². The van der Waals surface area contributed by atoms with Gasteiger partial charge in [0.05, 0.1) is 17.9 Å². The number of alkyl halides is 3. The molecule has 27 heavy (non-hydrogen) atoms. The molecule has 0 radical (unpaired) electrons. The van der Waals surface area contributed by atoms with Crippen molar-refractivity contribution < 1.29 is 22.7 Å². The largest absolute Gasteiger partial charge is 0.492 e. The molecule has 1 amide bonds. The van der Waals surface area contributed by atoms with Crippen molar-refractivity contribution in [2.75, 3.05) is 6.61 Å². The minimum Gasteiger partial charge on any atom is -0.492 e. The lowest BCUT2D eigenvalue weighted by molar-refractivity contribution is 0.0288. The third-order valence-electron chi connectivity index (χ3n) is 4.01. The molecule has 2 aromatic rings. The van der Waals surface area contributed by atoms with Gasteiger partial charge in [0.15, 0.2) is 0 Å². The van der Waals surface area contributed by atoms with Crippen molar-refractivity contribution in [1.82, 2.24) is 10.3 Å². The van der Waals surface area contributed by atoms with Crippen molar-refractivity contribution in [3.63, 3.8) is 0 Å². The summed E-state index contributed by atoms with van der Waals surface area (Å²) in [6.07, 6.45) is -3.78. The molecule has 1 saturated carbocycles. The number of amides is 1. The summed E-state index contributed by atoms with van der Waals surface area (Å²) >= 11 is 0.943. The van der Waals surface area contributed by atoms with E-state index in [0.717, 1.165) is 24.2 Å². The molecule has 1 aromatic heterocycles.